The van der Waals surface area contributed by atoms with Crippen molar-refractivity contribution in [3.05, 3.63) is 167 Å². The van der Waals surface area contributed by atoms with Crippen molar-refractivity contribution >= 4 is 35.4 Å². The van der Waals surface area contributed by atoms with Crippen molar-refractivity contribution in [2.75, 3.05) is 19.5 Å². The average molecular weight is 639 g/mol. The quantitative estimate of drug-likeness (QED) is 0.102. The van der Waals surface area contributed by atoms with Crippen LogP contribution in [-0.2, 0) is 11.4 Å². The van der Waals surface area contributed by atoms with Crippen molar-refractivity contribution in [3.63, 3.8) is 0 Å². The van der Waals surface area contributed by atoms with Crippen molar-refractivity contribution in [2.24, 2.45) is 0 Å². The lowest BCUT2D eigenvalue weighted by atomic mass is 10.1. The van der Waals surface area contributed by atoms with E-state index in [0.29, 0.717) is 51.8 Å². The van der Waals surface area contributed by atoms with E-state index < -0.39 is 11.8 Å². The third-order valence-electron chi connectivity index (χ3n) is 7.25. The molecule has 5 aromatic rings. The standard InChI is InChI=1S/C40H34N2O6/c1-46-35-22-24-38(47-2)32(26-35)17-23-37(43)30-15-18-33(19-16-30)41-40(45)36(42-39(44)31-11-7-4-8-12-31)25-28-13-20-34(21-14-28)48-27-29-9-5-3-6-10-29/h3-26H,27H2,1-2H3,(H,41,45)(H,42,44)/b23-17+,36-25-. The molecule has 0 aliphatic rings. The molecule has 0 fully saturated rings. The van der Waals surface area contributed by atoms with Gasteiger partial charge in [0.05, 0.1) is 14.2 Å². The van der Waals surface area contributed by atoms with Crippen LogP contribution in [0.25, 0.3) is 12.2 Å². The number of amides is 2. The van der Waals surface area contributed by atoms with Crippen LogP contribution in [0.3, 0.4) is 0 Å². The molecule has 2 amide bonds. The Hall–Kier alpha value is -6.41. The molecule has 240 valence electrons. The van der Waals surface area contributed by atoms with Crippen LogP contribution < -0.4 is 24.8 Å². The number of benzene rings is 5. The molecule has 5 aromatic carbocycles. The summed E-state index contributed by atoms with van der Waals surface area (Å²) in [6, 6.07) is 37.5. The van der Waals surface area contributed by atoms with Crippen LogP contribution in [0.2, 0.25) is 0 Å². The maximum atomic E-state index is 13.5. The molecule has 0 bridgehead atoms. The number of hydrogen-bond acceptors (Lipinski definition) is 6. The lowest BCUT2D eigenvalue weighted by Gasteiger charge is -2.12. The first-order chi connectivity index (χ1) is 23.4. The SMILES string of the molecule is COc1ccc(OC)c(/C=C/C(=O)c2ccc(NC(=O)/C(=C/c3ccc(OCc4ccccc4)cc3)NC(=O)c3ccccc3)cc2)c1. The molecule has 0 aromatic heterocycles. The van der Waals surface area contributed by atoms with Gasteiger partial charge in [-0.15, -0.1) is 0 Å². The molecule has 48 heavy (non-hydrogen) atoms. The molecule has 2 N–H and O–H groups in total. The van der Waals surface area contributed by atoms with Gasteiger partial charge in [0.25, 0.3) is 11.8 Å². The van der Waals surface area contributed by atoms with E-state index in [1.807, 2.05) is 36.4 Å². The molecule has 0 aliphatic heterocycles. The minimum absolute atomic E-state index is 0.0390. The molecule has 0 saturated carbocycles. The van der Waals surface area contributed by atoms with Crippen molar-refractivity contribution < 1.29 is 28.6 Å². The van der Waals surface area contributed by atoms with Crippen molar-refractivity contribution in [1.82, 2.24) is 5.32 Å². The van der Waals surface area contributed by atoms with E-state index in [0.717, 1.165) is 5.56 Å². The lowest BCUT2D eigenvalue weighted by molar-refractivity contribution is -0.113. The monoisotopic (exact) mass is 638 g/mol. The molecule has 8 nitrogen and oxygen atoms in total. The summed E-state index contributed by atoms with van der Waals surface area (Å²) in [5, 5.41) is 5.55. The minimum Gasteiger partial charge on any atom is -0.497 e. The fourth-order valence-electron chi connectivity index (χ4n) is 4.66. The lowest BCUT2D eigenvalue weighted by Crippen LogP contribution is -2.30. The van der Waals surface area contributed by atoms with Crippen LogP contribution in [0.5, 0.6) is 17.2 Å². The summed E-state index contributed by atoms with van der Waals surface area (Å²) in [5.74, 6) is 0.717. The van der Waals surface area contributed by atoms with E-state index in [2.05, 4.69) is 10.6 Å². The second kappa shape index (κ2) is 16.2. The summed E-state index contributed by atoms with van der Waals surface area (Å²) < 4.78 is 16.5. The minimum atomic E-state index is -0.534. The normalized spacial score (nSPS) is 11.1. The first-order valence-corrected chi connectivity index (χ1v) is 15.1. The second-order valence-corrected chi connectivity index (χ2v) is 10.6. The third kappa shape index (κ3) is 9.08. The predicted molar refractivity (Wildman–Crippen MR) is 187 cm³/mol. The highest BCUT2D eigenvalue weighted by Gasteiger charge is 2.16. The molecule has 5 rings (SSSR count). The first-order valence-electron chi connectivity index (χ1n) is 15.1. The molecule has 0 radical (unpaired) electrons. The highest BCUT2D eigenvalue weighted by atomic mass is 16.5. The van der Waals surface area contributed by atoms with E-state index in [1.165, 1.54) is 6.08 Å². The van der Waals surface area contributed by atoms with Crippen molar-refractivity contribution in [1.29, 1.82) is 0 Å². The summed E-state index contributed by atoms with van der Waals surface area (Å²) in [4.78, 5) is 39.4. The van der Waals surface area contributed by atoms with E-state index in [1.54, 1.807) is 117 Å². The second-order valence-electron chi connectivity index (χ2n) is 10.6. The Morgan fingerprint density at radius 1 is 0.688 bits per heavy atom. The van der Waals surface area contributed by atoms with Crippen molar-refractivity contribution in [2.45, 2.75) is 6.61 Å². The number of rotatable bonds is 13. The number of methoxy groups -OCH3 is 2. The number of hydrogen-bond donors (Lipinski definition) is 2. The van der Waals surface area contributed by atoms with E-state index in [4.69, 9.17) is 14.2 Å². The maximum absolute atomic E-state index is 13.5. The Labute approximate surface area is 279 Å². The maximum Gasteiger partial charge on any atom is 0.272 e. The van der Waals surface area contributed by atoms with Gasteiger partial charge in [0, 0.05) is 22.4 Å². The Kier molecular flexibility index (Phi) is 11.2. The Morgan fingerprint density at radius 3 is 2.02 bits per heavy atom. The number of ether oxygens (including phenoxy) is 3. The summed E-state index contributed by atoms with van der Waals surface area (Å²) in [6.45, 7) is 0.425. The molecular formula is C40H34N2O6. The van der Waals surface area contributed by atoms with Crippen LogP contribution in [0, 0.1) is 0 Å². The van der Waals surface area contributed by atoms with Gasteiger partial charge in [0.15, 0.2) is 5.78 Å². The smallest absolute Gasteiger partial charge is 0.272 e. The zero-order chi connectivity index (χ0) is 33.7. The average Bonchev–Trinajstić information content (AvgIpc) is 3.14. The van der Waals surface area contributed by atoms with Gasteiger partial charge in [-0.05, 0) is 96.1 Å². The van der Waals surface area contributed by atoms with Crippen LogP contribution in [0.4, 0.5) is 5.69 Å². The van der Waals surface area contributed by atoms with Crippen LogP contribution in [0.1, 0.15) is 37.4 Å². The Morgan fingerprint density at radius 2 is 1.35 bits per heavy atom. The molecule has 0 atom stereocenters. The number of carbonyl (C=O) groups is 3. The van der Waals surface area contributed by atoms with Gasteiger partial charge < -0.3 is 24.8 Å². The number of ketones is 1. The van der Waals surface area contributed by atoms with Gasteiger partial charge in [-0.25, -0.2) is 0 Å². The molecule has 8 heteroatoms. The van der Waals surface area contributed by atoms with Gasteiger partial charge in [0.2, 0.25) is 0 Å². The number of carbonyl (C=O) groups excluding carboxylic acids is 3. The molecular weight excluding hydrogens is 604 g/mol. The van der Waals surface area contributed by atoms with Gasteiger partial charge in [-0.2, -0.15) is 0 Å². The molecule has 0 aliphatic carbocycles. The fraction of sp³-hybridized carbons (Fsp3) is 0.0750. The van der Waals surface area contributed by atoms with E-state index in [-0.39, 0.29) is 11.5 Å². The zero-order valence-corrected chi connectivity index (χ0v) is 26.5. The summed E-state index contributed by atoms with van der Waals surface area (Å²) in [6.07, 6.45) is 4.70. The number of allylic oxidation sites excluding steroid dienone is 1. The van der Waals surface area contributed by atoms with E-state index >= 15 is 0 Å². The number of anilines is 1. The summed E-state index contributed by atoms with van der Waals surface area (Å²) in [7, 11) is 3.12. The van der Waals surface area contributed by atoms with Gasteiger partial charge in [-0.1, -0.05) is 60.7 Å². The van der Waals surface area contributed by atoms with Crippen LogP contribution >= 0.6 is 0 Å². The number of nitrogens with one attached hydrogen (secondary N) is 2. The van der Waals surface area contributed by atoms with Gasteiger partial charge in [-0.3, -0.25) is 14.4 Å². The first kappa shape index (κ1) is 33.0. The highest BCUT2D eigenvalue weighted by Crippen LogP contribution is 2.25. The van der Waals surface area contributed by atoms with Crippen LogP contribution in [0.15, 0.2) is 139 Å². The van der Waals surface area contributed by atoms with Gasteiger partial charge >= 0.3 is 0 Å². The van der Waals surface area contributed by atoms with Crippen molar-refractivity contribution in [3.8, 4) is 17.2 Å². The fourth-order valence-corrected chi connectivity index (χ4v) is 4.66. The zero-order valence-electron chi connectivity index (χ0n) is 26.5. The van der Waals surface area contributed by atoms with Gasteiger partial charge in [0.1, 0.15) is 29.6 Å². The molecule has 0 spiro atoms. The Balaban J connectivity index is 1.29. The third-order valence-corrected chi connectivity index (χ3v) is 7.25. The van der Waals surface area contributed by atoms with E-state index in [9.17, 15) is 14.4 Å². The largest absolute Gasteiger partial charge is 0.497 e. The summed E-state index contributed by atoms with van der Waals surface area (Å²) in [5.41, 5.74) is 3.74. The highest BCUT2D eigenvalue weighted by molar-refractivity contribution is 6.11. The van der Waals surface area contributed by atoms with Crippen LogP contribution in [-0.4, -0.2) is 31.8 Å². The molecule has 0 heterocycles. The molecule has 0 saturated heterocycles. The summed E-state index contributed by atoms with van der Waals surface area (Å²) >= 11 is 0. The Bertz CT molecular complexity index is 1920. The molecule has 0 unspecified atom stereocenters. The predicted octanol–water partition coefficient (Wildman–Crippen LogP) is 7.59. The topological polar surface area (TPSA) is 103 Å².